The zero-order chi connectivity index (χ0) is 13.6. The topological polar surface area (TPSA) is 130 Å². The molecule has 2 aromatic rings. The highest BCUT2D eigenvalue weighted by molar-refractivity contribution is 5.70. The van der Waals surface area contributed by atoms with Crippen LogP contribution in [0, 0.1) is 11.8 Å². The largest absolute Gasteiger partial charge is 0.396 e. The van der Waals surface area contributed by atoms with Gasteiger partial charge in [0.1, 0.15) is 0 Å². The summed E-state index contributed by atoms with van der Waals surface area (Å²) in [6.07, 6.45) is 2.26. The number of nitrogens with two attached hydrogens (primary N) is 1. The Morgan fingerprint density at radius 2 is 2.26 bits per heavy atom. The van der Waals surface area contributed by atoms with Crippen LogP contribution in [0.2, 0.25) is 0 Å². The Hall–Kier alpha value is -1.93. The van der Waals surface area contributed by atoms with Gasteiger partial charge in [0.25, 0.3) is 5.56 Å². The van der Waals surface area contributed by atoms with E-state index in [1.165, 1.54) is 6.33 Å². The molecule has 8 nitrogen and oxygen atoms in total. The van der Waals surface area contributed by atoms with Gasteiger partial charge in [-0.25, -0.2) is 4.98 Å². The van der Waals surface area contributed by atoms with E-state index in [4.69, 9.17) is 5.73 Å². The highest BCUT2D eigenvalue weighted by Gasteiger charge is 2.41. The number of aliphatic hydroxyl groups excluding tert-OH is 2. The summed E-state index contributed by atoms with van der Waals surface area (Å²) in [5.41, 5.74) is 5.81. The van der Waals surface area contributed by atoms with Crippen molar-refractivity contribution < 1.29 is 10.2 Å². The van der Waals surface area contributed by atoms with Crippen LogP contribution in [0.5, 0.6) is 0 Å². The van der Waals surface area contributed by atoms with Gasteiger partial charge in [0, 0.05) is 25.2 Å². The number of nitrogen functional groups attached to an aromatic ring is 1. The zero-order valence-corrected chi connectivity index (χ0v) is 10.2. The first-order valence-corrected chi connectivity index (χ1v) is 6.09. The summed E-state index contributed by atoms with van der Waals surface area (Å²) in [7, 11) is 0. The number of rotatable bonds is 3. The summed E-state index contributed by atoms with van der Waals surface area (Å²) in [5, 5.41) is 18.6. The molecule has 1 fully saturated rings. The fourth-order valence-electron chi connectivity index (χ4n) is 2.76. The van der Waals surface area contributed by atoms with Crippen LogP contribution in [0.1, 0.15) is 12.5 Å². The Bertz CT molecular complexity index is 664. The van der Waals surface area contributed by atoms with Gasteiger partial charge in [-0.2, -0.15) is 4.98 Å². The molecule has 19 heavy (non-hydrogen) atoms. The molecule has 0 unspecified atom stereocenters. The molecule has 1 saturated carbocycles. The quantitative estimate of drug-likeness (QED) is 0.555. The third-order valence-corrected chi connectivity index (χ3v) is 3.90. The number of hydrogen-bond acceptors (Lipinski definition) is 6. The molecule has 0 aliphatic heterocycles. The lowest BCUT2D eigenvalue weighted by Gasteiger charge is -2.43. The number of nitrogens with one attached hydrogen (secondary N) is 1. The van der Waals surface area contributed by atoms with Crippen LogP contribution in [0.4, 0.5) is 5.95 Å². The van der Waals surface area contributed by atoms with Crippen LogP contribution in [-0.4, -0.2) is 42.9 Å². The Labute approximate surface area is 107 Å². The lowest BCUT2D eigenvalue weighted by Crippen LogP contribution is -2.42. The van der Waals surface area contributed by atoms with Crippen molar-refractivity contribution in [3.63, 3.8) is 0 Å². The van der Waals surface area contributed by atoms with E-state index in [9.17, 15) is 15.0 Å². The molecule has 2 aromatic heterocycles. The molecular formula is C11H15N5O3. The third-order valence-electron chi connectivity index (χ3n) is 3.90. The average molecular weight is 265 g/mol. The van der Waals surface area contributed by atoms with Crippen LogP contribution >= 0.6 is 0 Å². The lowest BCUT2D eigenvalue weighted by atomic mass is 9.70. The first-order chi connectivity index (χ1) is 9.15. The van der Waals surface area contributed by atoms with E-state index in [-0.39, 0.29) is 48.1 Å². The van der Waals surface area contributed by atoms with Crippen LogP contribution in [0.25, 0.3) is 11.2 Å². The standard InChI is InChI=1S/C11H15N5O3/c12-11-14-9-8(10(19)15-11)13-4-16(9)7-1-5(2-17)6(7)3-18/h4-7,17-18H,1-3H2,(H3,12,14,15,19)/t5-,6+,7+/m0/s1. The fourth-order valence-corrected chi connectivity index (χ4v) is 2.76. The van der Waals surface area contributed by atoms with E-state index in [0.29, 0.717) is 5.65 Å². The molecule has 5 N–H and O–H groups in total. The molecule has 3 rings (SSSR count). The van der Waals surface area contributed by atoms with E-state index in [0.717, 1.165) is 6.42 Å². The van der Waals surface area contributed by atoms with Crippen molar-refractivity contribution in [2.75, 3.05) is 18.9 Å². The van der Waals surface area contributed by atoms with Gasteiger partial charge < -0.3 is 20.5 Å². The van der Waals surface area contributed by atoms with Crippen molar-refractivity contribution >= 4 is 17.1 Å². The molecule has 1 aliphatic carbocycles. The van der Waals surface area contributed by atoms with Gasteiger partial charge in [-0.1, -0.05) is 0 Å². The van der Waals surface area contributed by atoms with E-state index in [1.54, 1.807) is 4.57 Å². The molecule has 0 amide bonds. The maximum absolute atomic E-state index is 11.7. The van der Waals surface area contributed by atoms with Crippen LogP contribution in [-0.2, 0) is 0 Å². The van der Waals surface area contributed by atoms with Gasteiger partial charge in [-0.3, -0.25) is 9.78 Å². The summed E-state index contributed by atoms with van der Waals surface area (Å²) < 4.78 is 1.76. The second-order valence-corrected chi connectivity index (χ2v) is 4.87. The number of fused-ring (bicyclic) bond motifs is 1. The summed E-state index contributed by atoms with van der Waals surface area (Å²) in [6, 6.07) is -0.0131. The molecular weight excluding hydrogens is 250 g/mol. The van der Waals surface area contributed by atoms with Gasteiger partial charge in [-0.15, -0.1) is 0 Å². The molecule has 1 aliphatic rings. The second kappa shape index (κ2) is 4.32. The molecule has 102 valence electrons. The average Bonchev–Trinajstić information content (AvgIpc) is 2.73. The van der Waals surface area contributed by atoms with Crippen molar-refractivity contribution in [3.05, 3.63) is 16.7 Å². The summed E-state index contributed by atoms with van der Waals surface area (Å²) in [4.78, 5) is 22.2. The predicted octanol–water partition coefficient (Wildman–Crippen LogP) is -1.14. The van der Waals surface area contributed by atoms with E-state index < -0.39 is 0 Å². The second-order valence-electron chi connectivity index (χ2n) is 4.87. The zero-order valence-electron chi connectivity index (χ0n) is 10.2. The SMILES string of the molecule is Nc1nc2c(ncn2[C@@H]2C[C@@H](CO)[C@H]2CO)c(=O)[nH]1. The monoisotopic (exact) mass is 265 g/mol. The van der Waals surface area contributed by atoms with Gasteiger partial charge >= 0.3 is 0 Å². The normalized spacial score (nSPS) is 26.5. The third kappa shape index (κ3) is 1.71. The number of imidazole rings is 1. The Morgan fingerprint density at radius 3 is 2.95 bits per heavy atom. The van der Waals surface area contributed by atoms with Gasteiger partial charge in [0.05, 0.1) is 6.33 Å². The van der Waals surface area contributed by atoms with Crippen molar-refractivity contribution in [2.24, 2.45) is 11.8 Å². The van der Waals surface area contributed by atoms with E-state index >= 15 is 0 Å². The minimum Gasteiger partial charge on any atom is -0.396 e. The number of H-pyrrole nitrogens is 1. The Kier molecular flexibility index (Phi) is 2.76. The molecule has 0 spiro atoms. The van der Waals surface area contributed by atoms with Crippen LogP contribution in [0.15, 0.2) is 11.1 Å². The highest BCUT2D eigenvalue weighted by atomic mass is 16.3. The first kappa shape index (κ1) is 12.1. The van der Waals surface area contributed by atoms with Crippen LogP contribution < -0.4 is 11.3 Å². The van der Waals surface area contributed by atoms with E-state index in [2.05, 4.69) is 15.0 Å². The van der Waals surface area contributed by atoms with Crippen molar-refractivity contribution in [2.45, 2.75) is 12.5 Å². The molecule has 3 atom stereocenters. The number of nitrogens with zero attached hydrogens (tertiary/aromatic N) is 3. The number of aromatic amines is 1. The lowest BCUT2D eigenvalue weighted by molar-refractivity contribution is -0.00528. The summed E-state index contributed by atoms with van der Waals surface area (Å²) >= 11 is 0. The van der Waals surface area contributed by atoms with Gasteiger partial charge in [0.15, 0.2) is 11.2 Å². The molecule has 0 bridgehead atoms. The van der Waals surface area contributed by atoms with Crippen LogP contribution in [0.3, 0.4) is 0 Å². The molecule has 2 heterocycles. The number of aliphatic hydroxyl groups is 2. The number of aromatic nitrogens is 4. The van der Waals surface area contributed by atoms with Crippen molar-refractivity contribution in [1.29, 1.82) is 0 Å². The number of anilines is 1. The molecule has 0 saturated heterocycles. The van der Waals surface area contributed by atoms with Crippen molar-refractivity contribution in [3.8, 4) is 0 Å². The van der Waals surface area contributed by atoms with E-state index in [1.807, 2.05) is 0 Å². The summed E-state index contributed by atoms with van der Waals surface area (Å²) in [6.45, 7) is 0.0265. The van der Waals surface area contributed by atoms with Crippen molar-refractivity contribution in [1.82, 2.24) is 19.5 Å². The Morgan fingerprint density at radius 1 is 1.47 bits per heavy atom. The van der Waals surface area contributed by atoms with Gasteiger partial charge in [-0.05, 0) is 12.3 Å². The first-order valence-electron chi connectivity index (χ1n) is 6.09. The smallest absolute Gasteiger partial charge is 0.280 e. The minimum absolute atomic E-state index is 0.0131. The molecule has 0 aromatic carbocycles. The molecule has 0 radical (unpaired) electrons. The number of hydrogen-bond donors (Lipinski definition) is 4. The fraction of sp³-hybridized carbons (Fsp3) is 0.545. The summed E-state index contributed by atoms with van der Waals surface area (Å²) in [5.74, 6) is 0.0642. The van der Waals surface area contributed by atoms with Gasteiger partial charge in [0.2, 0.25) is 5.95 Å². The Balaban J connectivity index is 2.05. The maximum Gasteiger partial charge on any atom is 0.280 e. The minimum atomic E-state index is -0.375. The maximum atomic E-state index is 11.7. The predicted molar refractivity (Wildman–Crippen MR) is 67.4 cm³/mol. The highest BCUT2D eigenvalue weighted by Crippen LogP contribution is 2.44. The molecule has 8 heteroatoms.